The molecule has 0 unspecified atom stereocenters. The van der Waals surface area contributed by atoms with Crippen molar-refractivity contribution in [2.45, 2.75) is 33.0 Å². The Hall–Kier alpha value is -1.13. The topological polar surface area (TPSA) is 29.9 Å². The Morgan fingerprint density at radius 3 is 3.06 bits per heavy atom. The molecule has 2 aromatic rings. The summed E-state index contributed by atoms with van der Waals surface area (Å²) in [6.07, 6.45) is 4.01. The van der Waals surface area contributed by atoms with Gasteiger partial charge in [-0.25, -0.2) is 4.98 Å². The molecule has 0 aromatic carbocycles. The van der Waals surface area contributed by atoms with Crippen LogP contribution in [0.2, 0.25) is 0 Å². The summed E-state index contributed by atoms with van der Waals surface area (Å²) >= 11 is 1.78. The van der Waals surface area contributed by atoms with E-state index >= 15 is 0 Å². The maximum absolute atomic E-state index is 4.37. The Morgan fingerprint density at radius 2 is 2.38 bits per heavy atom. The highest BCUT2D eigenvalue weighted by Gasteiger charge is 2.01. The van der Waals surface area contributed by atoms with E-state index in [2.05, 4.69) is 52.4 Å². The van der Waals surface area contributed by atoms with Gasteiger partial charge in [-0.1, -0.05) is 19.9 Å². The molecule has 4 heteroatoms. The van der Waals surface area contributed by atoms with E-state index in [1.165, 1.54) is 4.88 Å². The molecule has 16 heavy (non-hydrogen) atoms. The molecule has 2 aromatic heterocycles. The highest BCUT2D eigenvalue weighted by molar-refractivity contribution is 7.09. The summed E-state index contributed by atoms with van der Waals surface area (Å²) in [5.74, 6) is 0. The van der Waals surface area contributed by atoms with E-state index in [-0.39, 0.29) is 0 Å². The van der Waals surface area contributed by atoms with Gasteiger partial charge < -0.3 is 9.88 Å². The minimum absolute atomic E-state index is 0.502. The van der Waals surface area contributed by atoms with Crippen molar-refractivity contribution in [3.63, 3.8) is 0 Å². The van der Waals surface area contributed by atoms with Crippen LogP contribution in [-0.2, 0) is 13.1 Å². The molecule has 2 heterocycles. The van der Waals surface area contributed by atoms with Crippen LogP contribution in [0, 0.1) is 0 Å². The van der Waals surface area contributed by atoms with Crippen molar-refractivity contribution >= 4 is 11.3 Å². The average Bonchev–Trinajstić information content (AvgIpc) is 2.87. The summed E-state index contributed by atoms with van der Waals surface area (Å²) in [6.45, 7) is 6.05. The molecule has 0 amide bonds. The van der Waals surface area contributed by atoms with Gasteiger partial charge in [-0.2, -0.15) is 0 Å². The number of imidazole rings is 1. The van der Waals surface area contributed by atoms with Crippen LogP contribution in [0.4, 0.5) is 0 Å². The number of thiophene rings is 1. The first-order valence-corrected chi connectivity index (χ1v) is 6.38. The van der Waals surface area contributed by atoms with Crippen LogP contribution >= 0.6 is 11.3 Å². The van der Waals surface area contributed by atoms with E-state index in [9.17, 15) is 0 Å². The zero-order valence-electron chi connectivity index (χ0n) is 9.68. The van der Waals surface area contributed by atoms with Crippen molar-refractivity contribution in [2.75, 3.05) is 0 Å². The largest absolute Gasteiger partial charge is 0.332 e. The Balaban J connectivity index is 1.92. The van der Waals surface area contributed by atoms with Crippen LogP contribution in [0.5, 0.6) is 0 Å². The predicted octanol–water partition coefficient (Wildman–Crippen LogP) is 2.49. The third-order valence-electron chi connectivity index (χ3n) is 2.30. The van der Waals surface area contributed by atoms with Gasteiger partial charge in [-0.15, -0.1) is 11.3 Å². The minimum Gasteiger partial charge on any atom is -0.332 e. The van der Waals surface area contributed by atoms with Gasteiger partial charge in [0.15, 0.2) is 0 Å². The van der Waals surface area contributed by atoms with Gasteiger partial charge >= 0.3 is 0 Å². The lowest BCUT2D eigenvalue weighted by Gasteiger charge is -2.04. The van der Waals surface area contributed by atoms with Crippen LogP contribution in [-0.4, -0.2) is 15.6 Å². The smallest absolute Gasteiger partial charge is 0.0953 e. The normalized spacial score (nSPS) is 11.2. The summed E-state index contributed by atoms with van der Waals surface area (Å²) in [6, 6.07) is 4.73. The van der Waals surface area contributed by atoms with Crippen molar-refractivity contribution < 1.29 is 0 Å². The zero-order valence-corrected chi connectivity index (χ0v) is 10.5. The number of nitrogens with zero attached hydrogens (tertiary/aromatic N) is 2. The molecule has 1 N–H and O–H groups in total. The monoisotopic (exact) mass is 235 g/mol. The maximum Gasteiger partial charge on any atom is 0.0953 e. The van der Waals surface area contributed by atoms with E-state index in [1.807, 2.05) is 6.33 Å². The van der Waals surface area contributed by atoms with Crippen molar-refractivity contribution in [3.05, 3.63) is 40.6 Å². The van der Waals surface area contributed by atoms with E-state index in [4.69, 9.17) is 0 Å². The summed E-state index contributed by atoms with van der Waals surface area (Å²) in [5.41, 5.74) is 1.10. The zero-order chi connectivity index (χ0) is 11.4. The first-order chi connectivity index (χ1) is 7.74. The summed E-state index contributed by atoms with van der Waals surface area (Å²) < 4.78 is 2.13. The predicted molar refractivity (Wildman–Crippen MR) is 67.6 cm³/mol. The Labute approximate surface area is 100 Å². The first kappa shape index (κ1) is 11.4. The fourth-order valence-corrected chi connectivity index (χ4v) is 2.19. The van der Waals surface area contributed by atoms with Crippen molar-refractivity contribution in [1.82, 2.24) is 14.9 Å². The molecule has 0 fully saturated rings. The second kappa shape index (κ2) is 5.27. The standard InChI is InChI=1S/C12H17N3S/c1-10(2)13-6-11-7-15(9-14-11)8-12-4-3-5-16-12/h3-5,7,9-10,13H,6,8H2,1-2H3. The maximum atomic E-state index is 4.37. The molecular weight excluding hydrogens is 218 g/mol. The lowest BCUT2D eigenvalue weighted by atomic mass is 10.3. The molecule has 0 aliphatic heterocycles. The van der Waals surface area contributed by atoms with Gasteiger partial charge in [-0.05, 0) is 11.4 Å². The molecule has 86 valence electrons. The molecule has 0 aliphatic carbocycles. The quantitative estimate of drug-likeness (QED) is 0.863. The van der Waals surface area contributed by atoms with E-state index < -0.39 is 0 Å². The number of nitrogens with one attached hydrogen (secondary N) is 1. The number of aromatic nitrogens is 2. The average molecular weight is 235 g/mol. The number of hydrogen-bond acceptors (Lipinski definition) is 3. The summed E-state index contributed by atoms with van der Waals surface area (Å²) in [5, 5.41) is 5.47. The minimum atomic E-state index is 0.502. The molecule has 0 radical (unpaired) electrons. The van der Waals surface area contributed by atoms with E-state index in [0.29, 0.717) is 6.04 Å². The van der Waals surface area contributed by atoms with Crippen LogP contribution < -0.4 is 5.32 Å². The molecule has 3 nitrogen and oxygen atoms in total. The molecule has 0 saturated carbocycles. The van der Waals surface area contributed by atoms with E-state index in [1.54, 1.807) is 11.3 Å². The number of rotatable bonds is 5. The second-order valence-electron chi connectivity index (χ2n) is 4.15. The Morgan fingerprint density at radius 1 is 1.50 bits per heavy atom. The van der Waals surface area contributed by atoms with Crippen LogP contribution in [0.1, 0.15) is 24.4 Å². The lowest BCUT2D eigenvalue weighted by Crippen LogP contribution is -2.21. The van der Waals surface area contributed by atoms with Gasteiger partial charge in [-0.3, -0.25) is 0 Å². The van der Waals surface area contributed by atoms with Crippen LogP contribution in [0.25, 0.3) is 0 Å². The highest BCUT2D eigenvalue weighted by Crippen LogP contribution is 2.10. The van der Waals surface area contributed by atoms with Gasteiger partial charge in [0.25, 0.3) is 0 Å². The van der Waals surface area contributed by atoms with Crippen LogP contribution in [0.15, 0.2) is 30.0 Å². The van der Waals surface area contributed by atoms with Gasteiger partial charge in [0.05, 0.1) is 18.6 Å². The van der Waals surface area contributed by atoms with Gasteiger partial charge in [0, 0.05) is 23.7 Å². The fourth-order valence-electron chi connectivity index (χ4n) is 1.48. The van der Waals surface area contributed by atoms with E-state index in [0.717, 1.165) is 18.8 Å². The molecule has 0 spiro atoms. The molecule has 0 bridgehead atoms. The van der Waals surface area contributed by atoms with Crippen molar-refractivity contribution in [3.8, 4) is 0 Å². The van der Waals surface area contributed by atoms with Crippen LogP contribution in [0.3, 0.4) is 0 Å². The third kappa shape index (κ3) is 3.18. The third-order valence-corrected chi connectivity index (χ3v) is 3.16. The van der Waals surface area contributed by atoms with Crippen molar-refractivity contribution in [1.29, 1.82) is 0 Å². The molecule has 2 rings (SSSR count). The summed E-state index contributed by atoms with van der Waals surface area (Å²) in [7, 11) is 0. The lowest BCUT2D eigenvalue weighted by molar-refractivity contribution is 0.582. The fraction of sp³-hybridized carbons (Fsp3) is 0.417. The Bertz CT molecular complexity index is 417. The van der Waals surface area contributed by atoms with Gasteiger partial charge in [0.1, 0.15) is 0 Å². The molecule has 0 atom stereocenters. The van der Waals surface area contributed by atoms with Gasteiger partial charge in [0.2, 0.25) is 0 Å². The first-order valence-electron chi connectivity index (χ1n) is 5.50. The highest BCUT2D eigenvalue weighted by atomic mass is 32.1. The van der Waals surface area contributed by atoms with Crippen molar-refractivity contribution in [2.24, 2.45) is 0 Å². The second-order valence-corrected chi connectivity index (χ2v) is 5.18. The SMILES string of the molecule is CC(C)NCc1cn(Cc2cccs2)cn1. The Kier molecular flexibility index (Phi) is 3.74. The number of hydrogen-bond donors (Lipinski definition) is 1. The molecular formula is C12H17N3S. The summed E-state index contributed by atoms with van der Waals surface area (Å²) in [4.78, 5) is 5.74. The molecule has 0 saturated heterocycles. The molecule has 0 aliphatic rings.